The summed E-state index contributed by atoms with van der Waals surface area (Å²) < 4.78 is 22.4. The number of carbonyl (C=O) groups is 2. The zero-order valence-corrected chi connectivity index (χ0v) is 19.9. The Morgan fingerprint density at radius 2 is 1.71 bits per heavy atom. The van der Waals surface area contributed by atoms with Crippen molar-refractivity contribution in [3.63, 3.8) is 0 Å². The van der Waals surface area contributed by atoms with E-state index in [4.69, 9.17) is 4.55 Å². The number of rotatable bonds is 11. The maximum Gasteiger partial charge on any atom is 0.259 e. The summed E-state index contributed by atoms with van der Waals surface area (Å²) in [6.07, 6.45) is 3.31. The highest BCUT2D eigenvalue weighted by Gasteiger charge is 2.25. The van der Waals surface area contributed by atoms with Gasteiger partial charge >= 0.3 is 0 Å². The van der Waals surface area contributed by atoms with Gasteiger partial charge < -0.3 is 15.6 Å². The summed E-state index contributed by atoms with van der Waals surface area (Å²) in [5.74, 6) is 0.0147. The highest BCUT2D eigenvalue weighted by Crippen LogP contribution is 2.19. The van der Waals surface area contributed by atoms with Gasteiger partial charge in [0.05, 0.1) is 6.04 Å². The van der Waals surface area contributed by atoms with E-state index in [0.717, 1.165) is 23.2 Å². The third-order valence-electron chi connectivity index (χ3n) is 5.25. The van der Waals surface area contributed by atoms with Gasteiger partial charge in [-0.05, 0) is 36.1 Å². The minimum absolute atomic E-state index is 0.289. The van der Waals surface area contributed by atoms with E-state index in [-0.39, 0.29) is 11.8 Å². The molecule has 0 fully saturated rings. The molecule has 1 aromatic heterocycles. The predicted octanol–water partition coefficient (Wildman–Crippen LogP) is 2.67. The molecule has 2 amide bonds. The van der Waals surface area contributed by atoms with E-state index in [9.17, 15) is 13.8 Å². The summed E-state index contributed by atoms with van der Waals surface area (Å²) in [5, 5.41) is 5.79. The monoisotopic (exact) mass is 483 g/mol. The predicted molar refractivity (Wildman–Crippen MR) is 131 cm³/mol. The van der Waals surface area contributed by atoms with Crippen molar-refractivity contribution in [1.82, 2.24) is 20.6 Å². The molecule has 0 saturated heterocycles. The van der Waals surface area contributed by atoms with Gasteiger partial charge in [0.1, 0.15) is 11.9 Å². The molecule has 0 bridgehead atoms. The first-order valence-corrected chi connectivity index (χ1v) is 12.1. The van der Waals surface area contributed by atoms with Gasteiger partial charge in [0.15, 0.2) is 0 Å². The molecule has 0 saturated carbocycles. The molecule has 3 atom stereocenters. The Bertz CT molecular complexity index is 1120. The van der Waals surface area contributed by atoms with E-state index in [2.05, 4.69) is 25.3 Å². The summed E-state index contributed by atoms with van der Waals surface area (Å²) >= 11 is -2.15. The van der Waals surface area contributed by atoms with Crippen LogP contribution in [0.1, 0.15) is 42.5 Å². The maximum absolute atomic E-state index is 13.3. The number of aryl methyl sites for hydroxylation is 1. The van der Waals surface area contributed by atoms with Crippen LogP contribution in [0, 0.1) is 0 Å². The van der Waals surface area contributed by atoms with Crippen molar-refractivity contribution in [3.05, 3.63) is 83.4 Å². The third kappa shape index (κ3) is 7.53. The first kappa shape index (κ1) is 25.1. The Balaban J connectivity index is 1.80. The van der Waals surface area contributed by atoms with E-state index in [1.165, 1.54) is 6.92 Å². The molecule has 5 N–H and O–H groups in total. The maximum atomic E-state index is 13.3. The van der Waals surface area contributed by atoms with Crippen molar-refractivity contribution in [2.45, 2.75) is 45.2 Å². The summed E-state index contributed by atoms with van der Waals surface area (Å²) in [5.41, 5.74) is 3.28. The molecule has 3 rings (SSSR count). The van der Waals surface area contributed by atoms with Gasteiger partial charge in [0.25, 0.3) is 11.3 Å². The molecule has 9 nitrogen and oxygen atoms in total. The molecular formula is C24H29N5O4S. The van der Waals surface area contributed by atoms with Gasteiger partial charge in [0, 0.05) is 30.9 Å². The number of nitrogens with zero attached hydrogens (tertiary/aromatic N) is 1. The number of H-pyrrole nitrogens is 1. The van der Waals surface area contributed by atoms with Crippen molar-refractivity contribution in [2.75, 3.05) is 4.72 Å². The number of hydrogen-bond acceptors (Lipinski definition) is 4. The highest BCUT2D eigenvalue weighted by molar-refractivity contribution is 7.80. The summed E-state index contributed by atoms with van der Waals surface area (Å²) in [6, 6.07) is 15.3. The third-order valence-corrected chi connectivity index (χ3v) is 5.66. The Hall–Kier alpha value is -3.50. The second-order valence-electron chi connectivity index (χ2n) is 7.90. The van der Waals surface area contributed by atoms with Crippen LogP contribution in [0.5, 0.6) is 0 Å². The topological polar surface area (TPSA) is 136 Å². The number of anilines is 1. The molecule has 1 unspecified atom stereocenters. The minimum Gasteiger partial charge on any atom is -0.344 e. The van der Waals surface area contributed by atoms with Gasteiger partial charge in [-0.15, -0.1) is 0 Å². The van der Waals surface area contributed by atoms with Crippen LogP contribution in [0.2, 0.25) is 0 Å². The lowest BCUT2D eigenvalue weighted by Crippen LogP contribution is -2.48. The van der Waals surface area contributed by atoms with Crippen LogP contribution in [0.4, 0.5) is 5.69 Å². The van der Waals surface area contributed by atoms with E-state index in [0.29, 0.717) is 24.4 Å². The molecule has 0 aliphatic rings. The fraction of sp³-hybridized carbons (Fsp3) is 0.292. The molecule has 34 heavy (non-hydrogen) atoms. The number of imidazole rings is 1. The van der Waals surface area contributed by atoms with Crippen molar-refractivity contribution >= 4 is 28.8 Å². The van der Waals surface area contributed by atoms with E-state index >= 15 is 0 Å². The van der Waals surface area contributed by atoms with Gasteiger partial charge in [-0.1, -0.05) is 49.4 Å². The van der Waals surface area contributed by atoms with Crippen LogP contribution in [0.15, 0.2) is 60.8 Å². The Kier molecular flexibility index (Phi) is 8.94. The standard InChI is InChI=1S/C24H29N5O4S/c1-3-19-15-25-23(27-19)21(13-18-9-11-20(12-10-18)29-34(32)33)28-24(31)22(26-16(2)30)14-17-7-5-4-6-8-17/h4-12,15,21-22,29H,3,13-14H2,1-2H3,(H,25,27)(H,26,30)(H,28,31)(H,32,33)/t21-,22-/m0/s1. The van der Waals surface area contributed by atoms with E-state index < -0.39 is 23.4 Å². The zero-order chi connectivity index (χ0) is 24.5. The molecule has 2 aromatic carbocycles. The lowest BCUT2D eigenvalue weighted by Gasteiger charge is -2.22. The smallest absolute Gasteiger partial charge is 0.259 e. The number of aromatic amines is 1. The molecule has 180 valence electrons. The molecule has 3 aromatic rings. The van der Waals surface area contributed by atoms with Crippen LogP contribution >= 0.6 is 0 Å². The van der Waals surface area contributed by atoms with Gasteiger partial charge in [-0.2, -0.15) is 0 Å². The molecule has 0 aliphatic carbocycles. The quantitative estimate of drug-likeness (QED) is 0.267. The summed E-state index contributed by atoms with van der Waals surface area (Å²) in [7, 11) is 0. The van der Waals surface area contributed by atoms with E-state index in [1.807, 2.05) is 49.4 Å². The van der Waals surface area contributed by atoms with Crippen LogP contribution in [-0.4, -0.2) is 36.6 Å². The number of carbonyl (C=O) groups excluding carboxylic acids is 2. The van der Waals surface area contributed by atoms with Gasteiger partial charge in [-0.3, -0.25) is 18.9 Å². The molecule has 1 heterocycles. The second kappa shape index (κ2) is 12.1. The van der Waals surface area contributed by atoms with Crippen LogP contribution < -0.4 is 15.4 Å². The number of amides is 2. The molecule has 10 heteroatoms. The Morgan fingerprint density at radius 3 is 2.29 bits per heavy atom. The molecule has 0 aliphatic heterocycles. The molecular weight excluding hydrogens is 454 g/mol. The number of nitrogens with one attached hydrogen (secondary N) is 4. The Morgan fingerprint density at radius 1 is 1.03 bits per heavy atom. The fourth-order valence-electron chi connectivity index (χ4n) is 3.57. The summed E-state index contributed by atoms with van der Waals surface area (Å²) in [4.78, 5) is 32.8. The number of benzene rings is 2. The van der Waals surface area contributed by atoms with Crippen molar-refractivity contribution in [2.24, 2.45) is 0 Å². The van der Waals surface area contributed by atoms with Gasteiger partial charge in [0.2, 0.25) is 11.8 Å². The normalized spacial score (nSPS) is 13.5. The largest absolute Gasteiger partial charge is 0.344 e. The van der Waals surface area contributed by atoms with Crippen LogP contribution in [0.3, 0.4) is 0 Å². The molecule has 0 spiro atoms. The number of hydrogen-bond donors (Lipinski definition) is 5. The first-order chi connectivity index (χ1) is 16.3. The summed E-state index contributed by atoms with van der Waals surface area (Å²) in [6.45, 7) is 3.40. The Labute approximate surface area is 201 Å². The SMILES string of the molecule is CCc1cnc([C@H](Cc2ccc(NS(=O)O)cc2)NC(=O)[C@H](Cc2ccccc2)NC(C)=O)[nH]1. The zero-order valence-electron chi connectivity index (χ0n) is 19.1. The average Bonchev–Trinajstić information content (AvgIpc) is 3.29. The highest BCUT2D eigenvalue weighted by atomic mass is 32.2. The first-order valence-electron chi connectivity index (χ1n) is 11.0. The van der Waals surface area contributed by atoms with Crippen molar-refractivity contribution in [3.8, 4) is 0 Å². The lowest BCUT2D eigenvalue weighted by atomic mass is 10.0. The lowest BCUT2D eigenvalue weighted by molar-refractivity contribution is -0.128. The van der Waals surface area contributed by atoms with Crippen molar-refractivity contribution < 1.29 is 18.4 Å². The second-order valence-corrected chi connectivity index (χ2v) is 8.61. The van der Waals surface area contributed by atoms with Gasteiger partial charge in [-0.25, -0.2) is 9.19 Å². The van der Waals surface area contributed by atoms with E-state index in [1.54, 1.807) is 18.3 Å². The van der Waals surface area contributed by atoms with Crippen LogP contribution in [0.25, 0.3) is 0 Å². The average molecular weight is 484 g/mol. The fourth-order valence-corrected chi connectivity index (χ4v) is 3.91. The molecule has 0 radical (unpaired) electrons. The minimum atomic E-state index is -2.15. The number of aromatic nitrogens is 2. The van der Waals surface area contributed by atoms with Crippen molar-refractivity contribution in [1.29, 1.82) is 0 Å². The van der Waals surface area contributed by atoms with Crippen LogP contribution in [-0.2, 0) is 40.1 Å².